The number of carboxylic acid groups (broad SMARTS) is 1. The highest BCUT2D eigenvalue weighted by atomic mass is 16.5. The number of aliphatic hydroxyl groups excluding tert-OH is 1. The van der Waals surface area contributed by atoms with Crippen LogP contribution in [0.5, 0.6) is 0 Å². The number of aliphatic hydroxyl groups is 1. The topological polar surface area (TPSA) is 138 Å². The number of aromatic nitrogens is 2. The van der Waals surface area contributed by atoms with Crippen LogP contribution in [0.1, 0.15) is 64.1 Å². The third-order valence-corrected chi connectivity index (χ3v) is 4.90. The Bertz CT molecular complexity index is 879. The predicted octanol–water partition coefficient (Wildman–Crippen LogP) is 2.65. The molecule has 0 saturated carbocycles. The molecule has 9 heteroatoms. The molecule has 1 aliphatic carbocycles. The minimum atomic E-state index is -0.985. The van der Waals surface area contributed by atoms with Crippen molar-refractivity contribution in [2.75, 3.05) is 0 Å². The first kappa shape index (κ1) is 19.8. The molecule has 0 unspecified atom stereocenters. The summed E-state index contributed by atoms with van der Waals surface area (Å²) in [6.45, 7) is 4.11. The molecule has 2 aliphatic rings. The van der Waals surface area contributed by atoms with Crippen molar-refractivity contribution in [1.82, 2.24) is 15.5 Å². The second kappa shape index (κ2) is 7.95. The van der Waals surface area contributed by atoms with Crippen LogP contribution >= 0.6 is 0 Å². The van der Waals surface area contributed by atoms with Gasteiger partial charge in [-0.2, -0.15) is 4.98 Å². The van der Waals surface area contributed by atoms with Gasteiger partial charge in [0.2, 0.25) is 17.6 Å². The number of aliphatic carboxylic acids is 1. The Morgan fingerprint density at radius 1 is 1.29 bits per heavy atom. The Hall–Kier alpha value is -2.97. The highest BCUT2D eigenvalue weighted by Gasteiger charge is 2.30. The number of carboxylic acids is 1. The lowest BCUT2D eigenvalue weighted by Crippen LogP contribution is -2.32. The van der Waals surface area contributed by atoms with E-state index < -0.39 is 5.97 Å². The molecular formula is C19H24N4O5. The minimum Gasteiger partial charge on any atom is -0.511 e. The van der Waals surface area contributed by atoms with Crippen LogP contribution < -0.4 is 5.32 Å². The number of hydrogen-bond acceptors (Lipinski definition) is 7. The van der Waals surface area contributed by atoms with Crippen LogP contribution in [0.2, 0.25) is 0 Å². The molecule has 28 heavy (non-hydrogen) atoms. The number of carbonyl (C=O) groups excluding carboxylic acids is 1. The van der Waals surface area contributed by atoms with Gasteiger partial charge in [-0.25, -0.2) is 4.79 Å². The maximum absolute atomic E-state index is 12.3. The van der Waals surface area contributed by atoms with Crippen LogP contribution in [-0.2, 0) is 16.0 Å². The molecule has 1 aromatic heterocycles. The van der Waals surface area contributed by atoms with Crippen LogP contribution in [-0.4, -0.2) is 37.9 Å². The van der Waals surface area contributed by atoms with Crippen molar-refractivity contribution >= 4 is 17.6 Å². The average Bonchev–Trinajstić information content (AvgIpc) is 3.08. The summed E-state index contributed by atoms with van der Waals surface area (Å²) in [5.41, 5.74) is 1.34. The number of amides is 1. The molecule has 0 atom stereocenters. The third-order valence-electron chi connectivity index (χ3n) is 4.90. The fraction of sp³-hybridized carbons (Fsp3) is 0.526. The third kappa shape index (κ3) is 4.85. The van der Waals surface area contributed by atoms with Crippen LogP contribution in [0.15, 0.2) is 32.7 Å². The maximum Gasteiger partial charge on any atom is 0.333 e. The Kier molecular flexibility index (Phi) is 5.62. The van der Waals surface area contributed by atoms with E-state index in [9.17, 15) is 19.8 Å². The standard InChI is InChI=1S/C19H24N4O5/c1-19(2)8-7-12(18(26)27)14(9-19)21-15(25)5-6-16-22-17(23-28-16)13-4-3-11(24)10-20-13/h10,24H,3-9H2,1-2H3,(H,21,25)(H,26,27). The summed E-state index contributed by atoms with van der Waals surface area (Å²) >= 11 is 0. The van der Waals surface area contributed by atoms with Crippen LogP contribution in [0.4, 0.5) is 0 Å². The summed E-state index contributed by atoms with van der Waals surface area (Å²) in [6, 6.07) is 0. The van der Waals surface area contributed by atoms with Crippen LogP contribution in [0, 0.1) is 5.41 Å². The van der Waals surface area contributed by atoms with Gasteiger partial charge in [-0.1, -0.05) is 19.0 Å². The number of hydrogen-bond donors (Lipinski definition) is 3. The number of aliphatic imine (C=N–C) groups is 1. The molecule has 3 N–H and O–H groups in total. The molecule has 1 aliphatic heterocycles. The highest BCUT2D eigenvalue weighted by molar-refractivity contribution is 5.98. The van der Waals surface area contributed by atoms with Crippen molar-refractivity contribution in [1.29, 1.82) is 0 Å². The van der Waals surface area contributed by atoms with Crippen molar-refractivity contribution in [3.8, 4) is 0 Å². The first-order valence-electron chi connectivity index (χ1n) is 9.26. The number of nitrogens with zero attached hydrogens (tertiary/aromatic N) is 3. The summed E-state index contributed by atoms with van der Waals surface area (Å²) in [4.78, 5) is 32.1. The van der Waals surface area contributed by atoms with Crippen molar-refractivity contribution < 1.29 is 24.3 Å². The summed E-state index contributed by atoms with van der Waals surface area (Å²) in [7, 11) is 0. The number of rotatable bonds is 6. The molecule has 0 saturated heterocycles. The predicted molar refractivity (Wildman–Crippen MR) is 99.5 cm³/mol. The van der Waals surface area contributed by atoms with E-state index in [-0.39, 0.29) is 35.5 Å². The van der Waals surface area contributed by atoms with Gasteiger partial charge in [-0.05, 0) is 24.7 Å². The molecule has 3 rings (SSSR count). The van der Waals surface area contributed by atoms with Crippen molar-refractivity contribution in [3.63, 3.8) is 0 Å². The molecule has 0 fully saturated rings. The van der Waals surface area contributed by atoms with Crippen molar-refractivity contribution in [2.24, 2.45) is 10.4 Å². The van der Waals surface area contributed by atoms with E-state index in [0.717, 1.165) is 6.42 Å². The first-order valence-corrected chi connectivity index (χ1v) is 9.26. The SMILES string of the molecule is CC1(C)CCC(C(=O)O)=C(NC(=O)CCc2nc(C3=NC=C(O)CC3)no2)C1. The maximum atomic E-state index is 12.3. The van der Waals surface area contributed by atoms with Gasteiger partial charge in [0, 0.05) is 31.4 Å². The summed E-state index contributed by atoms with van der Waals surface area (Å²) in [6.07, 6.45) is 4.43. The first-order chi connectivity index (χ1) is 13.2. The fourth-order valence-corrected chi connectivity index (χ4v) is 3.27. The van der Waals surface area contributed by atoms with Gasteiger partial charge in [-0.3, -0.25) is 9.79 Å². The van der Waals surface area contributed by atoms with E-state index in [1.165, 1.54) is 6.20 Å². The zero-order chi connectivity index (χ0) is 20.3. The zero-order valence-corrected chi connectivity index (χ0v) is 16.0. The van der Waals surface area contributed by atoms with Crippen LogP contribution in [0.25, 0.3) is 0 Å². The van der Waals surface area contributed by atoms with Gasteiger partial charge in [0.1, 0.15) is 5.76 Å². The Morgan fingerprint density at radius 3 is 2.75 bits per heavy atom. The van der Waals surface area contributed by atoms with Gasteiger partial charge in [0.05, 0.1) is 17.5 Å². The molecule has 2 heterocycles. The number of allylic oxidation sites excluding steroid dienone is 2. The second-order valence-corrected chi connectivity index (χ2v) is 7.86. The van der Waals surface area contributed by atoms with Gasteiger partial charge >= 0.3 is 5.97 Å². The molecule has 9 nitrogen and oxygen atoms in total. The van der Waals surface area contributed by atoms with E-state index in [1.54, 1.807) is 0 Å². The fourth-order valence-electron chi connectivity index (χ4n) is 3.27. The van der Waals surface area contributed by atoms with Gasteiger partial charge < -0.3 is 20.1 Å². The van der Waals surface area contributed by atoms with Gasteiger partial charge in [-0.15, -0.1) is 0 Å². The van der Waals surface area contributed by atoms with E-state index in [0.29, 0.717) is 48.8 Å². The van der Waals surface area contributed by atoms with E-state index in [1.807, 2.05) is 0 Å². The normalized spacial score (nSPS) is 19.1. The van der Waals surface area contributed by atoms with E-state index in [2.05, 4.69) is 34.3 Å². The Labute approximate surface area is 162 Å². The minimum absolute atomic E-state index is 0.0491. The number of nitrogens with one attached hydrogen (secondary N) is 1. The van der Waals surface area contributed by atoms with Crippen molar-refractivity contribution in [2.45, 2.75) is 58.8 Å². The molecule has 1 amide bonds. The lowest BCUT2D eigenvalue weighted by Gasteiger charge is -2.32. The van der Waals surface area contributed by atoms with Crippen molar-refractivity contribution in [3.05, 3.63) is 34.9 Å². The summed E-state index contributed by atoms with van der Waals surface area (Å²) < 4.78 is 5.17. The van der Waals surface area contributed by atoms with E-state index >= 15 is 0 Å². The largest absolute Gasteiger partial charge is 0.511 e. The molecule has 0 spiro atoms. The molecule has 0 aromatic carbocycles. The average molecular weight is 388 g/mol. The Morgan fingerprint density at radius 2 is 2.07 bits per heavy atom. The lowest BCUT2D eigenvalue weighted by atomic mass is 9.76. The number of aryl methyl sites for hydroxylation is 1. The van der Waals surface area contributed by atoms with Crippen LogP contribution in [0.3, 0.4) is 0 Å². The van der Waals surface area contributed by atoms with E-state index in [4.69, 9.17) is 4.52 Å². The lowest BCUT2D eigenvalue weighted by molar-refractivity contribution is -0.133. The number of carbonyl (C=O) groups is 2. The molecule has 1 aromatic rings. The molecular weight excluding hydrogens is 364 g/mol. The second-order valence-electron chi connectivity index (χ2n) is 7.86. The summed E-state index contributed by atoms with van der Waals surface area (Å²) in [5.74, 6) is -0.396. The van der Waals surface area contributed by atoms with Gasteiger partial charge in [0.15, 0.2) is 0 Å². The molecule has 0 bridgehead atoms. The van der Waals surface area contributed by atoms with Gasteiger partial charge in [0.25, 0.3) is 0 Å². The zero-order valence-electron chi connectivity index (χ0n) is 16.0. The quantitative estimate of drug-likeness (QED) is 0.681. The molecule has 0 radical (unpaired) electrons. The smallest absolute Gasteiger partial charge is 0.333 e. The monoisotopic (exact) mass is 388 g/mol. The highest BCUT2D eigenvalue weighted by Crippen LogP contribution is 2.37. The Balaban J connectivity index is 1.59. The molecule has 150 valence electrons. The summed E-state index contributed by atoms with van der Waals surface area (Å²) in [5, 5.41) is 25.3.